The number of methoxy groups -OCH3 is 1. The number of esters is 1. The van der Waals surface area contributed by atoms with E-state index in [1.54, 1.807) is 6.92 Å². The molecule has 3 N–H and O–H groups in total. The normalized spacial score (nSPS) is 11.8. The SMILES string of the molecule is COC(=O)[C@H](CCCCN)NC(=O)Cn1c([N+](=O)[O-])cnc1C. The van der Waals surface area contributed by atoms with Crippen molar-refractivity contribution < 1.29 is 19.2 Å². The fourth-order valence-corrected chi connectivity index (χ4v) is 2.07. The molecule has 1 rings (SSSR count). The van der Waals surface area contributed by atoms with Crippen LogP contribution in [0.2, 0.25) is 0 Å². The average Bonchev–Trinajstić information content (AvgIpc) is 2.87. The highest BCUT2D eigenvalue weighted by Crippen LogP contribution is 2.13. The minimum atomic E-state index is -0.804. The number of aryl methyl sites for hydroxylation is 1. The monoisotopic (exact) mass is 327 g/mol. The first kappa shape index (κ1) is 18.6. The van der Waals surface area contributed by atoms with Crippen LogP contribution in [-0.4, -0.2) is 46.0 Å². The lowest BCUT2D eigenvalue weighted by Crippen LogP contribution is -2.43. The summed E-state index contributed by atoms with van der Waals surface area (Å²) in [7, 11) is 1.23. The Kier molecular flexibility index (Phi) is 7.13. The van der Waals surface area contributed by atoms with Crippen LogP contribution in [0.4, 0.5) is 5.82 Å². The lowest BCUT2D eigenvalue weighted by Gasteiger charge is -2.16. The molecule has 0 aliphatic carbocycles. The van der Waals surface area contributed by atoms with E-state index in [4.69, 9.17) is 5.73 Å². The Hall–Kier alpha value is -2.49. The zero-order valence-electron chi connectivity index (χ0n) is 13.2. The number of amides is 1. The molecule has 0 aliphatic heterocycles. The molecular weight excluding hydrogens is 306 g/mol. The van der Waals surface area contributed by atoms with Crippen molar-refractivity contribution >= 4 is 17.7 Å². The maximum Gasteiger partial charge on any atom is 0.343 e. The number of rotatable bonds is 9. The van der Waals surface area contributed by atoms with Crippen molar-refractivity contribution in [3.05, 3.63) is 22.1 Å². The van der Waals surface area contributed by atoms with Gasteiger partial charge in [-0.2, -0.15) is 0 Å². The first-order valence-corrected chi connectivity index (χ1v) is 7.14. The number of carbonyl (C=O) groups excluding carboxylic acids is 2. The fourth-order valence-electron chi connectivity index (χ4n) is 2.07. The molecule has 23 heavy (non-hydrogen) atoms. The maximum atomic E-state index is 12.1. The highest BCUT2D eigenvalue weighted by molar-refractivity contribution is 5.84. The van der Waals surface area contributed by atoms with E-state index in [1.165, 1.54) is 11.7 Å². The Bertz CT molecular complexity index is 571. The van der Waals surface area contributed by atoms with Crippen molar-refractivity contribution in [3.63, 3.8) is 0 Å². The van der Waals surface area contributed by atoms with Gasteiger partial charge in [-0.25, -0.2) is 14.3 Å². The third-order valence-electron chi connectivity index (χ3n) is 3.29. The van der Waals surface area contributed by atoms with Gasteiger partial charge in [0.25, 0.3) is 5.91 Å². The van der Waals surface area contributed by atoms with E-state index in [0.717, 1.165) is 12.6 Å². The van der Waals surface area contributed by atoms with Crippen LogP contribution in [0.15, 0.2) is 6.20 Å². The number of imidazole rings is 1. The largest absolute Gasteiger partial charge is 0.467 e. The second-order valence-corrected chi connectivity index (χ2v) is 4.93. The number of aromatic nitrogens is 2. The van der Waals surface area contributed by atoms with Gasteiger partial charge in [-0.15, -0.1) is 0 Å². The Morgan fingerprint density at radius 1 is 1.52 bits per heavy atom. The van der Waals surface area contributed by atoms with Crippen molar-refractivity contribution in [2.75, 3.05) is 13.7 Å². The Morgan fingerprint density at radius 3 is 2.78 bits per heavy atom. The highest BCUT2D eigenvalue weighted by Gasteiger charge is 2.25. The summed E-state index contributed by atoms with van der Waals surface area (Å²) in [6, 6.07) is -0.804. The van der Waals surface area contributed by atoms with E-state index >= 15 is 0 Å². The van der Waals surface area contributed by atoms with E-state index in [9.17, 15) is 19.7 Å². The molecule has 1 heterocycles. The second kappa shape index (κ2) is 8.83. The van der Waals surface area contributed by atoms with Crippen molar-refractivity contribution in [2.24, 2.45) is 5.73 Å². The summed E-state index contributed by atoms with van der Waals surface area (Å²) in [6.45, 7) is 1.74. The van der Waals surface area contributed by atoms with Crippen LogP contribution < -0.4 is 11.1 Å². The molecule has 0 fully saturated rings. The quantitative estimate of drug-likeness (QED) is 0.279. The molecule has 1 aromatic heterocycles. The van der Waals surface area contributed by atoms with Gasteiger partial charge in [-0.1, -0.05) is 0 Å². The summed E-state index contributed by atoms with van der Waals surface area (Å²) in [4.78, 5) is 37.9. The molecule has 0 spiro atoms. The first-order valence-electron chi connectivity index (χ1n) is 7.14. The molecule has 10 nitrogen and oxygen atoms in total. The average molecular weight is 327 g/mol. The molecule has 1 amide bonds. The molecule has 128 valence electrons. The van der Waals surface area contributed by atoms with E-state index in [0.29, 0.717) is 25.2 Å². The molecule has 0 unspecified atom stereocenters. The van der Waals surface area contributed by atoms with Gasteiger partial charge in [0, 0.05) is 6.92 Å². The maximum absolute atomic E-state index is 12.1. The Morgan fingerprint density at radius 2 is 2.22 bits per heavy atom. The number of carbonyl (C=O) groups is 2. The summed E-state index contributed by atoms with van der Waals surface area (Å²) < 4.78 is 5.82. The molecule has 10 heteroatoms. The molecule has 0 bridgehead atoms. The highest BCUT2D eigenvalue weighted by atomic mass is 16.6. The first-order chi connectivity index (χ1) is 10.9. The topological polar surface area (TPSA) is 142 Å². The Labute approximate surface area is 133 Å². The zero-order chi connectivity index (χ0) is 17.4. The van der Waals surface area contributed by atoms with Gasteiger partial charge >= 0.3 is 11.8 Å². The third kappa shape index (κ3) is 5.33. The summed E-state index contributed by atoms with van der Waals surface area (Å²) in [5.41, 5.74) is 5.40. The minimum absolute atomic E-state index is 0.282. The number of nitro groups is 1. The van der Waals surface area contributed by atoms with Gasteiger partial charge < -0.3 is 25.9 Å². The fraction of sp³-hybridized carbons (Fsp3) is 0.615. The molecule has 0 saturated heterocycles. The van der Waals surface area contributed by atoms with E-state index in [1.807, 2.05) is 0 Å². The van der Waals surface area contributed by atoms with Gasteiger partial charge in [0.05, 0.1) is 7.11 Å². The van der Waals surface area contributed by atoms with Gasteiger partial charge in [0.1, 0.15) is 12.2 Å². The van der Waals surface area contributed by atoms with Crippen LogP contribution in [0.1, 0.15) is 25.1 Å². The summed E-state index contributed by atoms with van der Waals surface area (Å²) in [5, 5.41) is 13.4. The van der Waals surface area contributed by atoms with E-state index in [-0.39, 0.29) is 12.4 Å². The van der Waals surface area contributed by atoms with Gasteiger partial charge in [-0.3, -0.25) is 4.79 Å². The molecule has 0 saturated carbocycles. The van der Waals surface area contributed by atoms with Gasteiger partial charge in [-0.05, 0) is 30.7 Å². The number of hydrogen-bond acceptors (Lipinski definition) is 7. The minimum Gasteiger partial charge on any atom is -0.467 e. The lowest BCUT2D eigenvalue weighted by atomic mass is 10.1. The predicted octanol–water partition coefficient (Wildman–Crippen LogP) is -0.113. The third-order valence-corrected chi connectivity index (χ3v) is 3.29. The number of hydrogen-bond donors (Lipinski definition) is 2. The number of unbranched alkanes of at least 4 members (excludes halogenated alkanes) is 1. The smallest absolute Gasteiger partial charge is 0.343 e. The van der Waals surface area contributed by atoms with Crippen molar-refractivity contribution in [3.8, 4) is 0 Å². The zero-order valence-corrected chi connectivity index (χ0v) is 13.2. The van der Waals surface area contributed by atoms with Crippen LogP contribution in [0.5, 0.6) is 0 Å². The van der Waals surface area contributed by atoms with Crippen molar-refractivity contribution in [1.82, 2.24) is 14.9 Å². The summed E-state index contributed by atoms with van der Waals surface area (Å²) >= 11 is 0. The van der Waals surface area contributed by atoms with Crippen LogP contribution in [0.25, 0.3) is 0 Å². The van der Waals surface area contributed by atoms with E-state index < -0.39 is 22.8 Å². The Balaban J connectivity index is 2.74. The van der Waals surface area contributed by atoms with Crippen molar-refractivity contribution in [1.29, 1.82) is 0 Å². The van der Waals surface area contributed by atoms with Crippen LogP contribution in [0, 0.1) is 17.0 Å². The molecular formula is C13H21N5O5. The molecule has 1 aromatic rings. The number of nitrogens with one attached hydrogen (secondary N) is 1. The van der Waals surface area contributed by atoms with Crippen LogP contribution in [0.3, 0.4) is 0 Å². The molecule has 0 aliphatic rings. The molecule has 1 atom stereocenters. The lowest BCUT2D eigenvalue weighted by molar-refractivity contribution is -0.392. The summed E-state index contributed by atoms with van der Waals surface area (Å²) in [5.74, 6) is -1.04. The molecule has 0 aromatic carbocycles. The van der Waals surface area contributed by atoms with Crippen LogP contribution in [-0.2, 0) is 20.9 Å². The predicted molar refractivity (Wildman–Crippen MR) is 80.5 cm³/mol. The van der Waals surface area contributed by atoms with E-state index in [2.05, 4.69) is 15.0 Å². The second-order valence-electron chi connectivity index (χ2n) is 4.93. The van der Waals surface area contributed by atoms with Gasteiger partial charge in [0.2, 0.25) is 0 Å². The van der Waals surface area contributed by atoms with Gasteiger partial charge in [0.15, 0.2) is 12.4 Å². The number of nitrogens with zero attached hydrogens (tertiary/aromatic N) is 3. The van der Waals surface area contributed by atoms with Crippen LogP contribution >= 0.6 is 0 Å². The summed E-state index contributed by atoms with van der Waals surface area (Å²) in [6.07, 6.45) is 2.85. The number of nitrogens with two attached hydrogens (primary N) is 1. The standard InChI is InChI=1S/C13H21N5O5/c1-9-15-7-12(18(21)22)17(9)8-11(19)16-10(13(20)23-2)5-3-4-6-14/h7,10H,3-6,8,14H2,1-2H3,(H,16,19)/t10-/m0/s1. The molecule has 0 radical (unpaired) electrons. The number of ether oxygens (including phenoxy) is 1. The van der Waals surface area contributed by atoms with Crippen molar-refractivity contribution in [2.45, 2.75) is 38.8 Å².